The number of anilines is 1. The third-order valence-corrected chi connectivity index (χ3v) is 5.69. The Morgan fingerprint density at radius 3 is 2.62 bits per heavy atom. The van der Waals surface area contributed by atoms with Crippen molar-refractivity contribution < 1.29 is 9.53 Å². The van der Waals surface area contributed by atoms with Gasteiger partial charge < -0.3 is 4.74 Å². The van der Waals surface area contributed by atoms with E-state index in [-0.39, 0.29) is 5.91 Å². The molecule has 0 bridgehead atoms. The Hall–Kier alpha value is -3.25. The van der Waals surface area contributed by atoms with Crippen LogP contribution in [0.1, 0.15) is 16.8 Å². The number of nitrogens with zero attached hydrogens (tertiary/aromatic N) is 3. The number of carbonyl (C=O) groups is 1. The van der Waals surface area contributed by atoms with Gasteiger partial charge in [0.1, 0.15) is 11.3 Å². The SMILES string of the molecule is COc1cccc2sc(N(Cc3ccccn3)C(=O)Cc3ccc(C)cc3)nc12. The van der Waals surface area contributed by atoms with Crippen molar-refractivity contribution in [3.8, 4) is 5.75 Å². The minimum atomic E-state index is -0.0162. The molecule has 0 saturated carbocycles. The van der Waals surface area contributed by atoms with E-state index in [4.69, 9.17) is 9.72 Å². The highest BCUT2D eigenvalue weighted by atomic mass is 32.1. The number of aromatic nitrogens is 2. The van der Waals surface area contributed by atoms with Crippen LogP contribution >= 0.6 is 11.3 Å². The van der Waals surface area contributed by atoms with Crippen LogP contribution in [-0.2, 0) is 17.8 Å². The summed E-state index contributed by atoms with van der Waals surface area (Å²) in [6.45, 7) is 2.40. The van der Waals surface area contributed by atoms with Gasteiger partial charge in [0.05, 0.1) is 30.5 Å². The molecule has 0 unspecified atom stereocenters. The maximum absolute atomic E-state index is 13.3. The zero-order valence-corrected chi connectivity index (χ0v) is 17.1. The van der Waals surface area contributed by atoms with Crippen LogP contribution in [0.3, 0.4) is 0 Å². The van der Waals surface area contributed by atoms with Gasteiger partial charge in [0.25, 0.3) is 0 Å². The highest BCUT2D eigenvalue weighted by Crippen LogP contribution is 2.34. The highest BCUT2D eigenvalue weighted by molar-refractivity contribution is 7.22. The molecule has 0 fully saturated rings. The van der Waals surface area contributed by atoms with Crippen molar-refractivity contribution in [2.24, 2.45) is 0 Å². The van der Waals surface area contributed by atoms with Gasteiger partial charge in [-0.1, -0.05) is 53.3 Å². The summed E-state index contributed by atoms with van der Waals surface area (Å²) in [6, 6.07) is 19.5. The van der Waals surface area contributed by atoms with Gasteiger partial charge in [-0.25, -0.2) is 4.98 Å². The molecule has 6 heteroatoms. The number of benzene rings is 2. The lowest BCUT2D eigenvalue weighted by Gasteiger charge is -2.19. The lowest BCUT2D eigenvalue weighted by molar-refractivity contribution is -0.118. The Morgan fingerprint density at radius 2 is 1.90 bits per heavy atom. The van der Waals surface area contributed by atoms with Gasteiger partial charge in [-0.05, 0) is 36.8 Å². The second-order valence-corrected chi connectivity index (χ2v) is 7.78. The molecule has 0 aliphatic carbocycles. The van der Waals surface area contributed by atoms with Crippen LogP contribution in [0.15, 0.2) is 66.9 Å². The molecule has 4 aromatic rings. The summed E-state index contributed by atoms with van der Waals surface area (Å²) in [7, 11) is 1.63. The third-order valence-electron chi connectivity index (χ3n) is 4.64. The number of methoxy groups -OCH3 is 1. The van der Waals surface area contributed by atoms with Gasteiger partial charge in [0.15, 0.2) is 5.13 Å². The van der Waals surface area contributed by atoms with E-state index in [0.29, 0.717) is 23.8 Å². The molecule has 2 heterocycles. The first kappa shape index (κ1) is 19.1. The molecule has 0 aliphatic heterocycles. The summed E-state index contributed by atoms with van der Waals surface area (Å²) < 4.78 is 6.41. The normalized spacial score (nSPS) is 10.8. The lowest BCUT2D eigenvalue weighted by Crippen LogP contribution is -2.32. The van der Waals surface area contributed by atoms with Crippen molar-refractivity contribution in [3.63, 3.8) is 0 Å². The monoisotopic (exact) mass is 403 g/mol. The molecule has 0 saturated heterocycles. The number of aryl methyl sites for hydroxylation is 1. The molecular formula is C23H21N3O2S. The van der Waals surface area contributed by atoms with Crippen molar-refractivity contribution in [2.75, 3.05) is 12.0 Å². The van der Waals surface area contributed by atoms with Crippen LogP contribution in [0.2, 0.25) is 0 Å². The van der Waals surface area contributed by atoms with Crippen molar-refractivity contribution in [1.29, 1.82) is 0 Å². The molecule has 5 nitrogen and oxygen atoms in total. The average molecular weight is 404 g/mol. The van der Waals surface area contributed by atoms with Gasteiger partial charge in [0.2, 0.25) is 5.91 Å². The molecule has 0 radical (unpaired) electrons. The second-order valence-electron chi connectivity index (χ2n) is 6.77. The molecule has 2 aromatic carbocycles. The van der Waals surface area contributed by atoms with Crippen molar-refractivity contribution in [3.05, 3.63) is 83.7 Å². The average Bonchev–Trinajstić information content (AvgIpc) is 3.18. The van der Waals surface area contributed by atoms with Gasteiger partial charge in [0, 0.05) is 6.20 Å². The highest BCUT2D eigenvalue weighted by Gasteiger charge is 2.22. The third kappa shape index (κ3) is 4.27. The van der Waals surface area contributed by atoms with Gasteiger partial charge in [-0.3, -0.25) is 14.7 Å². The Bertz CT molecular complexity index is 1120. The maximum Gasteiger partial charge on any atom is 0.233 e. The zero-order valence-electron chi connectivity index (χ0n) is 16.3. The minimum Gasteiger partial charge on any atom is -0.494 e. The van der Waals surface area contributed by atoms with Crippen LogP contribution in [0, 0.1) is 6.92 Å². The van der Waals surface area contributed by atoms with E-state index in [0.717, 1.165) is 21.5 Å². The first-order valence-electron chi connectivity index (χ1n) is 9.33. The molecule has 4 rings (SSSR count). The fraction of sp³-hybridized carbons (Fsp3) is 0.174. The number of thiazole rings is 1. The zero-order chi connectivity index (χ0) is 20.2. The van der Waals surface area contributed by atoms with Crippen LogP contribution < -0.4 is 9.64 Å². The smallest absolute Gasteiger partial charge is 0.233 e. The van der Waals surface area contributed by atoms with Crippen LogP contribution in [0.25, 0.3) is 10.2 Å². The number of pyridine rings is 1. The first-order valence-corrected chi connectivity index (χ1v) is 10.1. The van der Waals surface area contributed by atoms with Gasteiger partial charge >= 0.3 is 0 Å². The van der Waals surface area contributed by atoms with Gasteiger partial charge in [-0.15, -0.1) is 0 Å². The molecule has 0 N–H and O–H groups in total. The van der Waals surface area contributed by atoms with E-state index >= 15 is 0 Å². The standard InChI is InChI=1S/C23H21N3O2S/c1-16-9-11-17(12-10-16)14-21(27)26(15-18-6-3-4-13-24-18)23-25-22-19(28-2)7-5-8-20(22)29-23/h3-13H,14-15H2,1-2H3. The number of amides is 1. The van der Waals surface area contributed by atoms with Crippen molar-refractivity contribution in [1.82, 2.24) is 9.97 Å². The molecule has 0 atom stereocenters. The quantitative estimate of drug-likeness (QED) is 0.465. The van der Waals surface area contributed by atoms with E-state index in [1.54, 1.807) is 18.2 Å². The molecule has 146 valence electrons. The number of fused-ring (bicyclic) bond motifs is 1. The number of para-hydroxylation sites is 1. The molecule has 0 aliphatic rings. The summed E-state index contributed by atoms with van der Waals surface area (Å²) in [5.41, 5.74) is 3.73. The summed E-state index contributed by atoms with van der Waals surface area (Å²) in [5, 5.41) is 0.646. The van der Waals surface area contributed by atoms with Gasteiger partial charge in [-0.2, -0.15) is 0 Å². The summed E-state index contributed by atoms with van der Waals surface area (Å²) in [6.07, 6.45) is 2.04. The van der Waals surface area contributed by atoms with E-state index in [9.17, 15) is 4.79 Å². The number of hydrogen-bond donors (Lipinski definition) is 0. The number of ether oxygens (including phenoxy) is 1. The Labute approximate surface area is 173 Å². The topological polar surface area (TPSA) is 55.3 Å². The Morgan fingerprint density at radius 1 is 1.07 bits per heavy atom. The molecule has 29 heavy (non-hydrogen) atoms. The molecule has 2 aromatic heterocycles. The van der Waals surface area contributed by atoms with Crippen LogP contribution in [0.5, 0.6) is 5.75 Å². The fourth-order valence-electron chi connectivity index (χ4n) is 3.08. The largest absolute Gasteiger partial charge is 0.494 e. The molecule has 0 spiro atoms. The summed E-state index contributed by atoms with van der Waals surface area (Å²) >= 11 is 1.48. The lowest BCUT2D eigenvalue weighted by atomic mass is 10.1. The molecule has 1 amide bonds. The summed E-state index contributed by atoms with van der Waals surface area (Å²) in [4.78, 5) is 24.1. The Kier molecular flexibility index (Phi) is 5.53. The number of rotatable bonds is 6. The van der Waals surface area contributed by atoms with E-state index in [1.165, 1.54) is 16.9 Å². The first-order chi connectivity index (χ1) is 14.1. The number of hydrogen-bond acceptors (Lipinski definition) is 5. The van der Waals surface area contributed by atoms with E-state index in [1.807, 2.05) is 67.6 Å². The predicted octanol–water partition coefficient (Wildman–Crippen LogP) is 4.78. The second kappa shape index (κ2) is 8.41. The fourth-order valence-corrected chi connectivity index (χ4v) is 4.08. The maximum atomic E-state index is 13.3. The Balaban J connectivity index is 1.69. The predicted molar refractivity (Wildman–Crippen MR) is 116 cm³/mol. The molecular weight excluding hydrogens is 382 g/mol. The van der Waals surface area contributed by atoms with Crippen LogP contribution in [0.4, 0.5) is 5.13 Å². The minimum absolute atomic E-state index is 0.0162. The van der Waals surface area contributed by atoms with Crippen molar-refractivity contribution >= 4 is 32.6 Å². The summed E-state index contributed by atoms with van der Waals surface area (Å²) in [5.74, 6) is 0.686. The van der Waals surface area contributed by atoms with Crippen molar-refractivity contribution in [2.45, 2.75) is 19.9 Å². The van der Waals surface area contributed by atoms with E-state index in [2.05, 4.69) is 4.98 Å². The van der Waals surface area contributed by atoms with Crippen LogP contribution in [-0.4, -0.2) is 23.0 Å². The van der Waals surface area contributed by atoms with E-state index < -0.39 is 0 Å². The number of carbonyl (C=O) groups excluding carboxylic acids is 1.